The number of hydrogen-bond acceptors (Lipinski definition) is 4. The third kappa shape index (κ3) is 4.45. The molecule has 2 heterocycles. The molecule has 1 aliphatic rings. The molecular weight excluding hydrogens is 332 g/mol. The van der Waals surface area contributed by atoms with Crippen molar-refractivity contribution in [1.29, 1.82) is 0 Å². The van der Waals surface area contributed by atoms with E-state index in [0.29, 0.717) is 23.8 Å². The van der Waals surface area contributed by atoms with Crippen LogP contribution in [0.5, 0.6) is 0 Å². The number of aliphatic imine (C=N–C) groups is 1. The maximum Gasteiger partial charge on any atom is 0.252 e. The Hall–Kier alpha value is -1.12. The molecule has 0 amide bonds. The molecule has 8 heteroatoms. The molecule has 0 saturated carbocycles. The fourth-order valence-corrected chi connectivity index (χ4v) is 5.60. The van der Waals surface area contributed by atoms with Crippen molar-refractivity contribution >= 4 is 27.3 Å². The van der Waals surface area contributed by atoms with E-state index in [1.165, 1.54) is 11.3 Å². The number of hydrogen-bond donors (Lipinski definition) is 0. The zero-order chi connectivity index (χ0) is 17.0. The molecule has 1 aliphatic heterocycles. The molecule has 1 fully saturated rings. The van der Waals surface area contributed by atoms with Crippen LogP contribution in [0.15, 0.2) is 21.3 Å². The van der Waals surface area contributed by atoms with E-state index in [2.05, 4.69) is 4.99 Å². The van der Waals surface area contributed by atoms with Gasteiger partial charge in [-0.25, -0.2) is 13.4 Å². The summed E-state index contributed by atoms with van der Waals surface area (Å²) in [5.41, 5.74) is 0. The lowest BCUT2D eigenvalue weighted by Gasteiger charge is -2.25. The van der Waals surface area contributed by atoms with Crippen molar-refractivity contribution in [2.45, 2.75) is 30.0 Å². The normalized spacial score (nSPS) is 16.2. The predicted molar refractivity (Wildman–Crippen MR) is 95.4 cm³/mol. The van der Waals surface area contributed by atoms with E-state index in [9.17, 15) is 8.42 Å². The van der Waals surface area contributed by atoms with Crippen LogP contribution >= 0.6 is 11.3 Å². The SMILES string of the molecule is CN(C)C(=NCc1ccc(S(=O)(=O)N2CCCCC2)s1)N(C)C. The van der Waals surface area contributed by atoms with E-state index in [-0.39, 0.29) is 0 Å². The first-order chi connectivity index (χ1) is 10.8. The van der Waals surface area contributed by atoms with Crippen LogP contribution in [0.3, 0.4) is 0 Å². The molecular formula is C15H26N4O2S2. The maximum atomic E-state index is 12.6. The summed E-state index contributed by atoms with van der Waals surface area (Å²) >= 11 is 1.33. The summed E-state index contributed by atoms with van der Waals surface area (Å²) in [5.74, 6) is 0.860. The number of sulfonamides is 1. The minimum absolute atomic E-state index is 0.431. The zero-order valence-corrected chi connectivity index (χ0v) is 16.0. The third-order valence-electron chi connectivity index (χ3n) is 3.72. The fraction of sp³-hybridized carbons (Fsp3) is 0.667. The Kier molecular flexibility index (Phi) is 6.05. The highest BCUT2D eigenvalue weighted by atomic mass is 32.2. The molecule has 130 valence electrons. The van der Waals surface area contributed by atoms with Gasteiger partial charge in [0.2, 0.25) is 0 Å². The third-order valence-corrected chi connectivity index (χ3v) is 7.16. The van der Waals surface area contributed by atoms with Crippen molar-refractivity contribution in [3.63, 3.8) is 0 Å². The van der Waals surface area contributed by atoms with E-state index >= 15 is 0 Å². The molecule has 1 aromatic heterocycles. The van der Waals surface area contributed by atoms with Crippen molar-refractivity contribution in [2.75, 3.05) is 41.3 Å². The van der Waals surface area contributed by atoms with Crippen molar-refractivity contribution in [2.24, 2.45) is 4.99 Å². The Balaban J connectivity index is 2.12. The first-order valence-corrected chi connectivity index (χ1v) is 10.1. The second-order valence-corrected chi connectivity index (χ2v) is 9.42. The molecule has 1 aromatic rings. The maximum absolute atomic E-state index is 12.6. The monoisotopic (exact) mass is 358 g/mol. The molecule has 2 rings (SSSR count). The summed E-state index contributed by atoms with van der Waals surface area (Å²) in [7, 11) is 4.45. The van der Waals surface area contributed by atoms with Crippen LogP contribution in [0.1, 0.15) is 24.1 Å². The second kappa shape index (κ2) is 7.63. The largest absolute Gasteiger partial charge is 0.349 e. The van der Waals surface area contributed by atoms with Gasteiger partial charge in [0.25, 0.3) is 10.0 Å². The summed E-state index contributed by atoms with van der Waals surface area (Å²) in [4.78, 5) is 9.42. The Labute approximate surface area is 143 Å². The van der Waals surface area contributed by atoms with Crippen LogP contribution in [0.2, 0.25) is 0 Å². The Bertz CT molecular complexity index is 634. The van der Waals surface area contributed by atoms with Gasteiger partial charge < -0.3 is 9.80 Å². The molecule has 0 aliphatic carbocycles. The van der Waals surface area contributed by atoms with Crippen molar-refractivity contribution in [1.82, 2.24) is 14.1 Å². The van der Waals surface area contributed by atoms with Crippen molar-refractivity contribution in [3.8, 4) is 0 Å². The lowest BCUT2D eigenvalue weighted by Crippen LogP contribution is -2.35. The van der Waals surface area contributed by atoms with Gasteiger partial charge in [0, 0.05) is 46.2 Å². The van der Waals surface area contributed by atoms with Crippen LogP contribution < -0.4 is 0 Å². The highest BCUT2D eigenvalue weighted by Crippen LogP contribution is 2.27. The highest BCUT2D eigenvalue weighted by Gasteiger charge is 2.27. The molecule has 1 saturated heterocycles. The molecule has 0 radical (unpaired) electrons. The van der Waals surface area contributed by atoms with Crippen molar-refractivity contribution in [3.05, 3.63) is 17.0 Å². The van der Waals surface area contributed by atoms with E-state index in [1.807, 2.05) is 44.1 Å². The predicted octanol–water partition coefficient (Wildman–Crippen LogP) is 1.90. The molecule has 0 atom stereocenters. The van der Waals surface area contributed by atoms with Crippen LogP contribution in [-0.4, -0.2) is 69.8 Å². The first-order valence-electron chi connectivity index (χ1n) is 7.80. The summed E-state index contributed by atoms with van der Waals surface area (Å²) < 4.78 is 27.3. The summed E-state index contributed by atoms with van der Waals surface area (Å²) in [5, 5.41) is 0. The molecule has 0 aromatic carbocycles. The Morgan fingerprint density at radius 2 is 1.74 bits per heavy atom. The molecule has 6 nitrogen and oxygen atoms in total. The Morgan fingerprint density at radius 1 is 1.13 bits per heavy atom. The average molecular weight is 359 g/mol. The van der Waals surface area contributed by atoms with Gasteiger partial charge in [-0.2, -0.15) is 4.31 Å². The van der Waals surface area contributed by atoms with Gasteiger partial charge in [-0.15, -0.1) is 11.3 Å². The van der Waals surface area contributed by atoms with Crippen molar-refractivity contribution < 1.29 is 8.42 Å². The van der Waals surface area contributed by atoms with Gasteiger partial charge >= 0.3 is 0 Å². The topological polar surface area (TPSA) is 56.2 Å². The van der Waals surface area contributed by atoms with Gasteiger partial charge in [0.15, 0.2) is 5.96 Å². The van der Waals surface area contributed by atoms with E-state index in [4.69, 9.17) is 0 Å². The zero-order valence-electron chi connectivity index (χ0n) is 14.3. The quantitative estimate of drug-likeness (QED) is 0.609. The number of thiophene rings is 1. The molecule has 23 heavy (non-hydrogen) atoms. The molecule has 0 unspecified atom stereocenters. The van der Waals surface area contributed by atoms with E-state index < -0.39 is 10.0 Å². The van der Waals surface area contributed by atoms with Crippen LogP contribution in [0, 0.1) is 0 Å². The van der Waals surface area contributed by atoms with Gasteiger partial charge in [0.1, 0.15) is 4.21 Å². The van der Waals surface area contributed by atoms with Gasteiger partial charge in [-0.1, -0.05) is 6.42 Å². The number of rotatable bonds is 4. The summed E-state index contributed by atoms with van der Waals surface area (Å²) in [6, 6.07) is 3.58. The number of piperidine rings is 1. The highest BCUT2D eigenvalue weighted by molar-refractivity contribution is 7.91. The van der Waals surface area contributed by atoms with Crippen LogP contribution in [0.25, 0.3) is 0 Å². The fourth-order valence-electron chi connectivity index (χ4n) is 2.65. The minimum Gasteiger partial charge on any atom is -0.349 e. The average Bonchev–Trinajstić information content (AvgIpc) is 2.97. The Morgan fingerprint density at radius 3 is 2.30 bits per heavy atom. The van der Waals surface area contributed by atoms with Gasteiger partial charge in [-0.05, 0) is 25.0 Å². The van der Waals surface area contributed by atoms with Crippen LogP contribution in [-0.2, 0) is 16.6 Å². The van der Waals surface area contributed by atoms with E-state index in [0.717, 1.165) is 30.1 Å². The lowest BCUT2D eigenvalue weighted by atomic mass is 10.2. The standard InChI is InChI=1S/C15H26N4O2S2/c1-17(2)15(18(3)4)16-12-13-8-9-14(22-13)23(20,21)19-10-6-5-7-11-19/h8-9H,5-7,10-12H2,1-4H3. The number of nitrogens with zero attached hydrogens (tertiary/aromatic N) is 4. The molecule has 0 N–H and O–H groups in total. The van der Waals surface area contributed by atoms with Gasteiger partial charge in [-0.3, -0.25) is 0 Å². The second-order valence-electron chi connectivity index (χ2n) is 6.09. The van der Waals surface area contributed by atoms with Crippen LogP contribution in [0.4, 0.5) is 0 Å². The first kappa shape index (κ1) is 18.2. The smallest absolute Gasteiger partial charge is 0.252 e. The van der Waals surface area contributed by atoms with E-state index in [1.54, 1.807) is 10.4 Å². The molecule has 0 spiro atoms. The molecule has 0 bridgehead atoms. The van der Waals surface area contributed by atoms with Gasteiger partial charge in [0.05, 0.1) is 6.54 Å². The summed E-state index contributed by atoms with van der Waals surface area (Å²) in [6.45, 7) is 1.77. The summed E-state index contributed by atoms with van der Waals surface area (Å²) in [6.07, 6.45) is 3.03. The number of guanidine groups is 1. The minimum atomic E-state index is -3.33. The lowest BCUT2D eigenvalue weighted by molar-refractivity contribution is 0.347.